The third-order valence-corrected chi connectivity index (χ3v) is 7.50. The maximum absolute atomic E-state index is 12.9. The van der Waals surface area contributed by atoms with Crippen LogP contribution in [0.2, 0.25) is 0 Å². The molecule has 0 spiro atoms. The van der Waals surface area contributed by atoms with Crippen LogP contribution < -0.4 is 5.32 Å². The first-order valence-corrected chi connectivity index (χ1v) is 13.8. The van der Waals surface area contributed by atoms with E-state index in [2.05, 4.69) is 34.5 Å². The number of nitrogens with one attached hydrogen (secondary N) is 1. The molecule has 0 unspecified atom stereocenters. The number of aromatic nitrogens is 2. The summed E-state index contributed by atoms with van der Waals surface area (Å²) >= 11 is 5.78. The second-order valence-electron chi connectivity index (χ2n) is 9.58. The summed E-state index contributed by atoms with van der Waals surface area (Å²) < 4.78 is 0. The maximum Gasteiger partial charge on any atom is 0.227 e. The number of thiocarbonyl (C=S) groups is 1. The highest BCUT2D eigenvalue weighted by atomic mass is 32.1. The number of hydrogen-bond acceptors (Lipinski definition) is 4. The molecule has 1 aliphatic heterocycles. The van der Waals surface area contributed by atoms with E-state index < -0.39 is 0 Å². The molecule has 2 heterocycles. The van der Waals surface area contributed by atoms with E-state index in [4.69, 9.17) is 22.2 Å². The number of likely N-dealkylation sites (tertiary alicyclic amines) is 1. The van der Waals surface area contributed by atoms with Gasteiger partial charge in [-0.05, 0) is 57.1 Å². The smallest absolute Gasteiger partial charge is 0.227 e. The molecule has 1 N–H and O–H groups in total. The number of anilines is 1. The Kier molecular flexibility index (Phi) is 7.94. The van der Waals surface area contributed by atoms with Crippen LogP contribution in [0.5, 0.6) is 0 Å². The Balaban J connectivity index is 1.40. The maximum atomic E-state index is 12.9. The molecule has 3 aromatic carbocycles. The Morgan fingerprint density at radius 3 is 2.13 bits per heavy atom. The third kappa shape index (κ3) is 5.53. The van der Waals surface area contributed by atoms with E-state index in [1.54, 1.807) is 0 Å². The van der Waals surface area contributed by atoms with E-state index in [1.807, 2.05) is 73.3 Å². The van der Waals surface area contributed by atoms with Crippen LogP contribution in [-0.4, -0.2) is 57.0 Å². The average molecular weight is 524 g/mol. The van der Waals surface area contributed by atoms with E-state index in [0.29, 0.717) is 11.7 Å². The first kappa shape index (κ1) is 25.8. The normalized spacial score (nSPS) is 15.3. The van der Waals surface area contributed by atoms with Crippen molar-refractivity contribution in [3.8, 4) is 22.5 Å². The lowest BCUT2D eigenvalue weighted by molar-refractivity contribution is -0.136. The number of hydrogen-bond donors (Lipinski definition) is 1. The van der Waals surface area contributed by atoms with Gasteiger partial charge in [0, 0.05) is 43.0 Å². The van der Waals surface area contributed by atoms with Crippen molar-refractivity contribution >= 4 is 40.0 Å². The van der Waals surface area contributed by atoms with Crippen LogP contribution in [0.15, 0.2) is 78.9 Å². The van der Waals surface area contributed by atoms with Gasteiger partial charge < -0.3 is 15.1 Å². The number of fused-ring (bicyclic) bond motifs is 1. The predicted molar refractivity (Wildman–Crippen MR) is 159 cm³/mol. The van der Waals surface area contributed by atoms with E-state index in [1.165, 1.54) is 0 Å². The molecule has 7 heteroatoms. The Morgan fingerprint density at radius 1 is 0.921 bits per heavy atom. The summed E-state index contributed by atoms with van der Waals surface area (Å²) in [5, 5.41) is 4.03. The molecule has 194 valence electrons. The number of amides is 1. The molecule has 0 bridgehead atoms. The van der Waals surface area contributed by atoms with Gasteiger partial charge in [0.2, 0.25) is 5.91 Å². The van der Waals surface area contributed by atoms with Crippen molar-refractivity contribution in [3.63, 3.8) is 0 Å². The summed E-state index contributed by atoms with van der Waals surface area (Å²) in [7, 11) is 0. The number of carbonyl (C=O) groups excluding carboxylic acids is 1. The fourth-order valence-corrected chi connectivity index (χ4v) is 5.37. The Hall–Kier alpha value is -3.84. The summed E-state index contributed by atoms with van der Waals surface area (Å²) in [6.45, 7) is 7.03. The van der Waals surface area contributed by atoms with Crippen molar-refractivity contribution in [2.24, 2.45) is 5.92 Å². The first-order chi connectivity index (χ1) is 18.6. The second-order valence-corrected chi connectivity index (χ2v) is 9.97. The monoisotopic (exact) mass is 523 g/mol. The molecule has 1 aromatic heterocycles. The molecule has 5 rings (SSSR count). The molecule has 6 nitrogen and oxygen atoms in total. The van der Waals surface area contributed by atoms with Crippen LogP contribution >= 0.6 is 12.2 Å². The minimum Gasteiger partial charge on any atom is -0.348 e. The van der Waals surface area contributed by atoms with Gasteiger partial charge in [-0.1, -0.05) is 60.7 Å². The molecule has 1 fully saturated rings. The molecular weight excluding hydrogens is 490 g/mol. The van der Waals surface area contributed by atoms with Crippen LogP contribution in [0.3, 0.4) is 0 Å². The molecule has 1 atom stereocenters. The molecular formula is C31H33N5OS. The number of piperidine rings is 1. The SMILES string of the molecule is CCN(CC)C(=O)[C@@H]1CCCN(C(=S)Nc2ccc3nc(-c4ccccc4)c(-c4ccccc4)nc3c2)C1. The molecule has 38 heavy (non-hydrogen) atoms. The summed E-state index contributed by atoms with van der Waals surface area (Å²) in [5.41, 5.74) is 6.23. The Morgan fingerprint density at radius 2 is 1.53 bits per heavy atom. The van der Waals surface area contributed by atoms with E-state index >= 15 is 0 Å². The molecule has 0 radical (unpaired) electrons. The largest absolute Gasteiger partial charge is 0.348 e. The van der Waals surface area contributed by atoms with Gasteiger partial charge in [0.15, 0.2) is 5.11 Å². The zero-order valence-corrected chi connectivity index (χ0v) is 22.7. The number of benzene rings is 3. The van der Waals surface area contributed by atoms with Crippen LogP contribution in [0, 0.1) is 5.92 Å². The predicted octanol–water partition coefficient (Wildman–Crippen LogP) is 6.24. The van der Waals surface area contributed by atoms with Crippen LogP contribution in [0.25, 0.3) is 33.5 Å². The number of nitrogens with zero attached hydrogens (tertiary/aromatic N) is 4. The molecule has 4 aromatic rings. The Bertz CT molecular complexity index is 1420. The number of rotatable bonds is 6. The Labute approximate surface area is 229 Å². The van der Waals surface area contributed by atoms with Gasteiger partial charge in [0.1, 0.15) is 0 Å². The van der Waals surface area contributed by atoms with Crippen molar-refractivity contribution in [1.29, 1.82) is 0 Å². The summed E-state index contributed by atoms with van der Waals surface area (Å²) in [6, 6.07) is 26.3. The highest BCUT2D eigenvalue weighted by molar-refractivity contribution is 7.80. The minimum absolute atomic E-state index is 0.0179. The molecule has 0 aliphatic carbocycles. The third-order valence-electron chi connectivity index (χ3n) is 7.14. The van der Waals surface area contributed by atoms with Gasteiger partial charge in [-0.25, -0.2) is 9.97 Å². The molecule has 1 aliphatic rings. The van der Waals surface area contributed by atoms with Gasteiger partial charge in [-0.3, -0.25) is 4.79 Å². The van der Waals surface area contributed by atoms with Gasteiger partial charge in [-0.2, -0.15) is 0 Å². The van der Waals surface area contributed by atoms with Crippen molar-refractivity contribution in [2.45, 2.75) is 26.7 Å². The quantitative estimate of drug-likeness (QED) is 0.302. The minimum atomic E-state index is -0.0179. The molecule has 1 saturated heterocycles. The van der Waals surface area contributed by atoms with Crippen molar-refractivity contribution < 1.29 is 4.79 Å². The zero-order valence-electron chi connectivity index (χ0n) is 21.9. The van der Waals surface area contributed by atoms with Crippen LogP contribution in [0.4, 0.5) is 5.69 Å². The lowest BCUT2D eigenvalue weighted by Crippen LogP contribution is -2.47. The number of carbonyl (C=O) groups is 1. The second kappa shape index (κ2) is 11.7. The van der Waals surface area contributed by atoms with E-state index in [9.17, 15) is 4.79 Å². The zero-order chi connectivity index (χ0) is 26.5. The average Bonchev–Trinajstić information content (AvgIpc) is 2.98. The highest BCUT2D eigenvalue weighted by Crippen LogP contribution is 2.31. The van der Waals surface area contributed by atoms with Crippen molar-refractivity contribution in [3.05, 3.63) is 78.9 Å². The summed E-state index contributed by atoms with van der Waals surface area (Å²) in [5.74, 6) is 0.210. The van der Waals surface area contributed by atoms with E-state index in [0.717, 1.165) is 71.7 Å². The summed E-state index contributed by atoms with van der Waals surface area (Å²) in [4.78, 5) is 27.1. The lowest BCUT2D eigenvalue weighted by atomic mass is 9.96. The standard InChI is InChI=1S/C31H33N5OS/c1-3-35(4-2)30(37)24-16-11-19-36(21-24)31(38)32-25-17-18-26-27(20-25)34-29(23-14-9-6-10-15-23)28(33-26)22-12-7-5-8-13-22/h5-10,12-15,17-18,20,24H,3-4,11,16,19,21H2,1-2H3,(H,32,38)/t24-/m1/s1. The topological polar surface area (TPSA) is 61.4 Å². The highest BCUT2D eigenvalue weighted by Gasteiger charge is 2.29. The van der Waals surface area contributed by atoms with Gasteiger partial charge in [0.05, 0.1) is 28.3 Å². The van der Waals surface area contributed by atoms with E-state index in [-0.39, 0.29) is 11.8 Å². The van der Waals surface area contributed by atoms with Gasteiger partial charge in [0.25, 0.3) is 0 Å². The van der Waals surface area contributed by atoms with Gasteiger partial charge >= 0.3 is 0 Å². The van der Waals surface area contributed by atoms with Crippen LogP contribution in [0.1, 0.15) is 26.7 Å². The van der Waals surface area contributed by atoms with Crippen molar-refractivity contribution in [2.75, 3.05) is 31.5 Å². The molecule has 1 amide bonds. The van der Waals surface area contributed by atoms with Gasteiger partial charge in [-0.15, -0.1) is 0 Å². The molecule has 0 saturated carbocycles. The summed E-state index contributed by atoms with van der Waals surface area (Å²) in [6.07, 6.45) is 1.86. The van der Waals surface area contributed by atoms with Crippen molar-refractivity contribution in [1.82, 2.24) is 19.8 Å². The van der Waals surface area contributed by atoms with Crippen LogP contribution in [-0.2, 0) is 4.79 Å². The lowest BCUT2D eigenvalue weighted by Gasteiger charge is -2.36. The fraction of sp³-hybridized carbons (Fsp3) is 0.290. The fourth-order valence-electron chi connectivity index (χ4n) is 5.09. The first-order valence-electron chi connectivity index (χ1n) is 13.3.